The summed E-state index contributed by atoms with van der Waals surface area (Å²) < 4.78 is 1.66. The lowest BCUT2D eigenvalue weighted by Crippen LogP contribution is -2.33. The van der Waals surface area contributed by atoms with Crippen molar-refractivity contribution >= 4 is 5.91 Å². The van der Waals surface area contributed by atoms with Crippen LogP contribution in [0.3, 0.4) is 0 Å². The zero-order valence-electron chi connectivity index (χ0n) is 14.8. The van der Waals surface area contributed by atoms with Crippen LogP contribution in [0.15, 0.2) is 30.6 Å². The molecule has 2 heterocycles. The highest BCUT2D eigenvalue weighted by molar-refractivity contribution is 5.95. The number of pyridine rings is 1. The number of carbonyl (C=O) groups excluding carboxylic acids is 1. The molecule has 2 N–H and O–H groups in total. The summed E-state index contributed by atoms with van der Waals surface area (Å²) in [5.41, 5.74) is 2.05. The van der Waals surface area contributed by atoms with Crippen molar-refractivity contribution in [3.63, 3.8) is 0 Å². The average molecular weight is 330 g/mol. The Morgan fingerprint density at radius 2 is 2.12 bits per heavy atom. The van der Waals surface area contributed by atoms with E-state index in [4.69, 9.17) is 0 Å². The van der Waals surface area contributed by atoms with Crippen molar-refractivity contribution in [2.24, 2.45) is 13.0 Å². The largest absolute Gasteiger partial charge is 0.396 e. The van der Waals surface area contributed by atoms with Gasteiger partial charge in [0.25, 0.3) is 5.91 Å². The van der Waals surface area contributed by atoms with E-state index >= 15 is 0 Å². The van der Waals surface area contributed by atoms with Crippen LogP contribution in [0.2, 0.25) is 0 Å². The molecule has 24 heavy (non-hydrogen) atoms. The molecule has 1 amide bonds. The molecule has 6 heteroatoms. The number of aliphatic hydroxyl groups is 1. The normalized spacial score (nSPS) is 12.9. The van der Waals surface area contributed by atoms with E-state index in [0.717, 1.165) is 11.4 Å². The van der Waals surface area contributed by atoms with Gasteiger partial charge < -0.3 is 10.4 Å². The van der Waals surface area contributed by atoms with E-state index in [1.807, 2.05) is 46.0 Å². The van der Waals surface area contributed by atoms with Crippen molar-refractivity contribution in [2.45, 2.75) is 32.6 Å². The Bertz CT molecular complexity index is 674. The Hall–Kier alpha value is -2.21. The molecule has 0 aliphatic heterocycles. The predicted molar refractivity (Wildman–Crippen MR) is 92.8 cm³/mol. The molecule has 1 atom stereocenters. The Morgan fingerprint density at radius 3 is 2.71 bits per heavy atom. The van der Waals surface area contributed by atoms with Gasteiger partial charge in [0.2, 0.25) is 0 Å². The molecule has 2 rings (SSSR count). The molecule has 2 aromatic rings. The summed E-state index contributed by atoms with van der Waals surface area (Å²) in [5.74, 6) is -0.230. The maximum Gasteiger partial charge on any atom is 0.254 e. The van der Waals surface area contributed by atoms with Crippen molar-refractivity contribution in [1.82, 2.24) is 20.1 Å². The second-order valence-corrected chi connectivity index (χ2v) is 7.10. The number of hydrogen-bond donors (Lipinski definition) is 2. The number of aliphatic hydroxyl groups excluding tert-OH is 1. The summed E-state index contributed by atoms with van der Waals surface area (Å²) in [6.07, 6.45) is 4.09. The molecule has 0 aromatic carbocycles. The molecule has 1 unspecified atom stereocenters. The number of aromatic nitrogens is 3. The first-order chi connectivity index (χ1) is 11.3. The first-order valence-electron chi connectivity index (χ1n) is 8.14. The van der Waals surface area contributed by atoms with Crippen molar-refractivity contribution in [3.8, 4) is 0 Å². The third-order valence-electron chi connectivity index (χ3n) is 3.82. The molecule has 0 spiro atoms. The molecular weight excluding hydrogens is 304 g/mol. The van der Waals surface area contributed by atoms with E-state index in [0.29, 0.717) is 18.5 Å². The quantitative estimate of drug-likeness (QED) is 0.845. The first kappa shape index (κ1) is 18.1. The summed E-state index contributed by atoms with van der Waals surface area (Å²) in [4.78, 5) is 16.8. The minimum atomic E-state index is -0.210. The zero-order valence-corrected chi connectivity index (χ0v) is 14.8. The van der Waals surface area contributed by atoms with E-state index in [1.165, 1.54) is 0 Å². The highest BCUT2D eigenvalue weighted by Crippen LogP contribution is 2.24. The van der Waals surface area contributed by atoms with E-state index in [2.05, 4.69) is 15.4 Å². The monoisotopic (exact) mass is 330 g/mol. The molecule has 0 aliphatic rings. The van der Waals surface area contributed by atoms with E-state index in [1.54, 1.807) is 17.1 Å². The van der Waals surface area contributed by atoms with Crippen LogP contribution in [0.25, 0.3) is 0 Å². The maximum atomic E-state index is 12.5. The number of amides is 1. The van der Waals surface area contributed by atoms with E-state index < -0.39 is 0 Å². The van der Waals surface area contributed by atoms with Gasteiger partial charge in [0.1, 0.15) is 0 Å². The fourth-order valence-corrected chi connectivity index (χ4v) is 2.56. The van der Waals surface area contributed by atoms with Gasteiger partial charge in [-0.2, -0.15) is 5.10 Å². The number of nitrogens with one attached hydrogen (secondary N) is 1. The van der Waals surface area contributed by atoms with Crippen LogP contribution in [0.4, 0.5) is 0 Å². The second-order valence-electron chi connectivity index (χ2n) is 7.10. The van der Waals surface area contributed by atoms with Crippen molar-refractivity contribution in [3.05, 3.63) is 47.5 Å². The lowest BCUT2D eigenvalue weighted by Gasteiger charge is -2.18. The van der Waals surface area contributed by atoms with Crippen molar-refractivity contribution in [2.75, 3.05) is 13.2 Å². The summed E-state index contributed by atoms with van der Waals surface area (Å²) in [5, 5.41) is 16.9. The number of hydrogen-bond acceptors (Lipinski definition) is 4. The van der Waals surface area contributed by atoms with Crippen molar-refractivity contribution in [1.29, 1.82) is 0 Å². The first-order valence-corrected chi connectivity index (χ1v) is 8.14. The van der Waals surface area contributed by atoms with Crippen LogP contribution in [0, 0.1) is 5.92 Å². The van der Waals surface area contributed by atoms with Gasteiger partial charge in [0, 0.05) is 49.6 Å². The van der Waals surface area contributed by atoms with Gasteiger partial charge in [-0.1, -0.05) is 26.8 Å². The number of nitrogens with zero attached hydrogens (tertiary/aromatic N) is 3. The standard InChI is InChI=1S/C18H26N4O2/c1-18(2,3)16-15(11-22(4)21-16)17(24)20-10-13(12-23)9-14-7-5-6-8-19-14/h5-8,11,13,23H,9-10,12H2,1-4H3,(H,20,24). The number of rotatable bonds is 6. The smallest absolute Gasteiger partial charge is 0.254 e. The van der Waals surface area contributed by atoms with Crippen LogP contribution in [-0.4, -0.2) is 38.9 Å². The number of aryl methyl sites for hydroxylation is 1. The van der Waals surface area contributed by atoms with Crippen LogP contribution < -0.4 is 5.32 Å². The highest BCUT2D eigenvalue weighted by Gasteiger charge is 2.26. The number of carbonyl (C=O) groups is 1. The minimum absolute atomic E-state index is 0.00395. The summed E-state index contributed by atoms with van der Waals surface area (Å²) in [6, 6.07) is 5.69. The molecule has 0 bridgehead atoms. The van der Waals surface area contributed by atoms with Gasteiger partial charge >= 0.3 is 0 Å². The third kappa shape index (κ3) is 4.64. The van der Waals surface area contributed by atoms with Crippen LogP contribution >= 0.6 is 0 Å². The van der Waals surface area contributed by atoms with Gasteiger partial charge in [-0.05, 0) is 18.6 Å². The third-order valence-corrected chi connectivity index (χ3v) is 3.82. The van der Waals surface area contributed by atoms with Gasteiger partial charge in [-0.25, -0.2) is 0 Å². The molecule has 0 radical (unpaired) electrons. The Morgan fingerprint density at radius 1 is 1.38 bits per heavy atom. The molecule has 130 valence electrons. The van der Waals surface area contributed by atoms with Gasteiger partial charge in [-0.15, -0.1) is 0 Å². The topological polar surface area (TPSA) is 80.0 Å². The lowest BCUT2D eigenvalue weighted by molar-refractivity contribution is 0.0937. The maximum absolute atomic E-state index is 12.5. The van der Waals surface area contributed by atoms with E-state index in [-0.39, 0.29) is 23.8 Å². The van der Waals surface area contributed by atoms with Gasteiger partial charge in [-0.3, -0.25) is 14.5 Å². The SMILES string of the molecule is Cn1cc(C(=O)NCC(CO)Cc2ccccn2)c(C(C)(C)C)n1. The molecule has 6 nitrogen and oxygen atoms in total. The van der Waals surface area contributed by atoms with Crippen LogP contribution in [0.1, 0.15) is 42.5 Å². The molecular formula is C18H26N4O2. The summed E-state index contributed by atoms with van der Waals surface area (Å²) >= 11 is 0. The Kier molecular flexibility index (Phi) is 5.72. The fraction of sp³-hybridized carbons (Fsp3) is 0.500. The fourth-order valence-electron chi connectivity index (χ4n) is 2.56. The molecule has 0 aliphatic carbocycles. The second kappa shape index (κ2) is 7.57. The van der Waals surface area contributed by atoms with Gasteiger partial charge in [0.05, 0.1) is 11.3 Å². The molecule has 0 saturated heterocycles. The summed E-state index contributed by atoms with van der Waals surface area (Å²) in [6.45, 7) is 6.48. The van der Waals surface area contributed by atoms with Gasteiger partial charge in [0.15, 0.2) is 0 Å². The molecule has 2 aromatic heterocycles. The lowest BCUT2D eigenvalue weighted by atomic mass is 9.89. The summed E-state index contributed by atoms with van der Waals surface area (Å²) in [7, 11) is 1.81. The van der Waals surface area contributed by atoms with Crippen molar-refractivity contribution < 1.29 is 9.90 Å². The highest BCUT2D eigenvalue weighted by atomic mass is 16.3. The minimum Gasteiger partial charge on any atom is -0.396 e. The van der Waals surface area contributed by atoms with Crippen LogP contribution in [0.5, 0.6) is 0 Å². The Labute approximate surface area is 142 Å². The van der Waals surface area contributed by atoms with E-state index in [9.17, 15) is 9.90 Å². The molecule has 0 saturated carbocycles. The molecule has 0 fully saturated rings. The van der Waals surface area contributed by atoms with Crippen LogP contribution in [-0.2, 0) is 18.9 Å². The Balaban J connectivity index is 2.02. The average Bonchev–Trinajstić information content (AvgIpc) is 2.94. The predicted octanol–water partition coefficient (Wildman–Crippen LogP) is 1.69. The zero-order chi connectivity index (χ0) is 17.7.